The molecule has 0 unspecified atom stereocenters. The summed E-state index contributed by atoms with van der Waals surface area (Å²) in [4.78, 5) is 0. The van der Waals surface area contributed by atoms with Crippen molar-refractivity contribution < 1.29 is 17.5 Å². The molecule has 0 aromatic heterocycles. The predicted molar refractivity (Wildman–Crippen MR) is 85.5 cm³/mol. The van der Waals surface area contributed by atoms with Gasteiger partial charge in [0.25, 0.3) is 0 Å². The third-order valence-electron chi connectivity index (χ3n) is 2.96. The summed E-state index contributed by atoms with van der Waals surface area (Å²) in [6.45, 7) is 2.28. The Morgan fingerprint density at radius 3 is 1.55 bits per heavy atom. The van der Waals surface area contributed by atoms with Crippen molar-refractivity contribution in [3.8, 4) is 0 Å². The molecular formula is C14H29NaO4S. The van der Waals surface area contributed by atoms with Crippen LogP contribution in [0.2, 0.25) is 0 Å². The number of hydrogen-bond donors (Lipinski definition) is 2. The van der Waals surface area contributed by atoms with Crippen LogP contribution in [0.15, 0.2) is 9.40 Å². The molecule has 0 bridgehead atoms. The van der Waals surface area contributed by atoms with Crippen molar-refractivity contribution in [3.05, 3.63) is 9.40 Å². The summed E-state index contributed by atoms with van der Waals surface area (Å²) >= 11 is 1.23. The van der Waals surface area contributed by atoms with E-state index in [0.717, 1.165) is 0 Å². The van der Waals surface area contributed by atoms with Crippen LogP contribution in [-0.2, 0) is 10.4 Å². The first-order chi connectivity index (χ1) is 9.41. The minimum absolute atomic E-state index is 1.23. The summed E-state index contributed by atoms with van der Waals surface area (Å²) < 4.78 is 33.9. The minimum Gasteiger partial charge on any atom is -0.264 e. The van der Waals surface area contributed by atoms with Crippen LogP contribution in [0, 0.1) is 0 Å². The number of hydrogen-bond acceptors (Lipinski definition) is 2. The standard InChI is InChI=1S/C14H27.Na.H2O4S/c1-3-5-7-9-11-13-14-12-10-8-6-4-2;;1-5(2,3)4/h1,3H,4-14H2,2H3;;(H2,1,2,3,4). The average Bonchev–Trinajstić information content (AvgIpc) is 2.34. The van der Waals surface area contributed by atoms with Crippen LogP contribution in [0.5, 0.6) is 0 Å². The van der Waals surface area contributed by atoms with Gasteiger partial charge in [-0.3, -0.25) is 9.11 Å². The van der Waals surface area contributed by atoms with Crippen molar-refractivity contribution in [1.82, 2.24) is 0 Å². The van der Waals surface area contributed by atoms with E-state index in [1.54, 1.807) is 0 Å². The van der Waals surface area contributed by atoms with Crippen LogP contribution >= 0.6 is 0 Å². The van der Waals surface area contributed by atoms with Crippen LogP contribution < -0.4 is 0 Å². The summed E-state index contributed by atoms with van der Waals surface area (Å²) in [5, 5.41) is 0. The van der Waals surface area contributed by atoms with Crippen molar-refractivity contribution in [1.29, 1.82) is 0 Å². The molecule has 6 heteroatoms. The molecule has 0 radical (unpaired) electrons. The summed E-state index contributed by atoms with van der Waals surface area (Å²) in [5.74, 6) is 0. The van der Waals surface area contributed by atoms with Gasteiger partial charge in [0.15, 0.2) is 0 Å². The van der Waals surface area contributed by atoms with Crippen molar-refractivity contribution >= 4 is 38.3 Å². The van der Waals surface area contributed by atoms with Crippen LogP contribution in [0.25, 0.3) is 0 Å². The van der Waals surface area contributed by atoms with Gasteiger partial charge in [-0.05, 0) is 0 Å². The molecule has 0 aromatic carbocycles. The molecule has 0 amide bonds. The zero-order chi connectivity index (χ0) is 15.7. The summed E-state index contributed by atoms with van der Waals surface area (Å²) in [6.07, 6.45) is 18.1. The maximum Gasteiger partial charge on any atom is 0.394 e. The van der Waals surface area contributed by atoms with Gasteiger partial charge in [-0.1, -0.05) is 13.3 Å². The first-order valence-corrected chi connectivity index (χ1v) is 10.3. The SMILES string of the molecule is CCCCCCCCCCCCC=[CH][Na].O=S(=O)(O)O. The van der Waals surface area contributed by atoms with E-state index in [4.69, 9.17) is 17.5 Å². The Kier molecular flexibility index (Phi) is 20.2. The second-order valence-corrected chi connectivity index (χ2v) is 6.55. The van der Waals surface area contributed by atoms with Crippen LogP contribution in [0.3, 0.4) is 0 Å². The summed E-state index contributed by atoms with van der Waals surface area (Å²) in [5.41, 5.74) is 0. The summed E-state index contributed by atoms with van der Waals surface area (Å²) in [7, 11) is -4.67. The van der Waals surface area contributed by atoms with Gasteiger partial charge in [0.2, 0.25) is 0 Å². The second-order valence-electron chi connectivity index (χ2n) is 4.99. The Balaban J connectivity index is 0. The fourth-order valence-corrected chi connectivity index (χ4v) is 2.25. The first-order valence-electron chi connectivity index (χ1n) is 7.72. The molecule has 0 aliphatic heterocycles. The van der Waals surface area contributed by atoms with Crippen LogP contribution in [0.4, 0.5) is 0 Å². The molecule has 0 atom stereocenters. The zero-order valence-electron chi connectivity index (χ0n) is 13.1. The third kappa shape index (κ3) is 36.3. The van der Waals surface area contributed by atoms with Gasteiger partial charge in [0.05, 0.1) is 0 Å². The van der Waals surface area contributed by atoms with Crippen molar-refractivity contribution in [2.75, 3.05) is 0 Å². The molecule has 0 aliphatic carbocycles. The van der Waals surface area contributed by atoms with E-state index in [2.05, 4.69) is 16.3 Å². The molecule has 0 aliphatic rings. The topological polar surface area (TPSA) is 74.6 Å². The molecule has 0 saturated heterocycles. The smallest absolute Gasteiger partial charge is 0.264 e. The number of unbranched alkanes of at least 4 members (excludes halogenated alkanes) is 10. The van der Waals surface area contributed by atoms with Crippen LogP contribution in [0.1, 0.15) is 77.6 Å². The average molecular weight is 316 g/mol. The minimum atomic E-state index is -4.67. The molecule has 116 valence electrons. The first kappa shape index (κ1) is 22.9. The number of rotatable bonds is 11. The monoisotopic (exact) mass is 316 g/mol. The Labute approximate surface area is 142 Å². The maximum absolute atomic E-state index is 8.74. The molecule has 4 nitrogen and oxygen atoms in total. The van der Waals surface area contributed by atoms with E-state index in [1.807, 2.05) is 0 Å². The van der Waals surface area contributed by atoms with Crippen molar-refractivity contribution in [2.45, 2.75) is 77.6 Å². The van der Waals surface area contributed by atoms with Crippen LogP contribution in [-0.4, -0.2) is 45.5 Å². The molecule has 0 saturated carbocycles. The molecule has 0 fully saturated rings. The Morgan fingerprint density at radius 2 is 1.20 bits per heavy atom. The van der Waals surface area contributed by atoms with E-state index in [9.17, 15) is 0 Å². The molecule has 20 heavy (non-hydrogen) atoms. The second kappa shape index (κ2) is 17.7. The van der Waals surface area contributed by atoms with Gasteiger partial charge in [-0.15, -0.1) is 0 Å². The Morgan fingerprint density at radius 1 is 0.850 bits per heavy atom. The predicted octanol–water partition coefficient (Wildman–Crippen LogP) is 4.33. The van der Waals surface area contributed by atoms with E-state index in [-0.39, 0.29) is 0 Å². The normalized spacial score (nSPS) is 11.4. The van der Waals surface area contributed by atoms with Gasteiger partial charge in [-0.2, -0.15) is 8.42 Å². The fourth-order valence-electron chi connectivity index (χ4n) is 1.92. The molecular weight excluding hydrogens is 287 g/mol. The molecule has 0 aromatic rings. The van der Waals surface area contributed by atoms with E-state index >= 15 is 0 Å². The van der Waals surface area contributed by atoms with E-state index < -0.39 is 10.4 Å². The molecule has 0 heterocycles. The molecule has 2 N–H and O–H groups in total. The van der Waals surface area contributed by atoms with E-state index in [1.165, 1.54) is 98.6 Å². The summed E-state index contributed by atoms with van der Waals surface area (Å²) in [6, 6.07) is 0. The van der Waals surface area contributed by atoms with Gasteiger partial charge in [-0.25, -0.2) is 0 Å². The third-order valence-corrected chi connectivity index (χ3v) is 3.43. The van der Waals surface area contributed by atoms with Gasteiger partial charge in [0.1, 0.15) is 0 Å². The molecule has 0 rings (SSSR count). The Hall–Kier alpha value is 0.610. The largest absolute Gasteiger partial charge is 0.394 e. The van der Waals surface area contributed by atoms with Gasteiger partial charge in [0, 0.05) is 0 Å². The van der Waals surface area contributed by atoms with E-state index in [0.29, 0.717) is 0 Å². The van der Waals surface area contributed by atoms with Crippen molar-refractivity contribution in [3.63, 3.8) is 0 Å². The quantitative estimate of drug-likeness (QED) is 0.338. The zero-order valence-corrected chi connectivity index (χ0v) is 15.9. The molecule has 0 spiro atoms. The Bertz CT molecular complexity index is 294. The van der Waals surface area contributed by atoms with Gasteiger partial charge < -0.3 is 0 Å². The number of allylic oxidation sites excluding steroid dienone is 1. The maximum atomic E-state index is 8.74. The van der Waals surface area contributed by atoms with Crippen molar-refractivity contribution in [2.24, 2.45) is 0 Å². The van der Waals surface area contributed by atoms with Gasteiger partial charge >= 0.3 is 112 Å². The fraction of sp³-hybridized carbons (Fsp3) is 0.857.